The Bertz CT molecular complexity index is 234. The van der Waals surface area contributed by atoms with Crippen LogP contribution in [0.1, 0.15) is 32.6 Å². The number of aliphatic hydroxyl groups is 1. The number of nitrogens with zero attached hydrogens (tertiary/aromatic N) is 1. The van der Waals surface area contributed by atoms with Crippen LogP contribution in [0.5, 0.6) is 0 Å². The van der Waals surface area contributed by atoms with E-state index in [-0.39, 0.29) is 19.1 Å². The van der Waals surface area contributed by atoms with Gasteiger partial charge in [0.05, 0.1) is 0 Å². The first-order valence-electron chi connectivity index (χ1n) is 5.97. The number of aliphatic carboxylic acids is 1. The molecule has 0 rings (SSSR count). The van der Waals surface area contributed by atoms with E-state index in [9.17, 15) is 9.59 Å². The molecule has 0 aromatic rings. The van der Waals surface area contributed by atoms with E-state index in [0.29, 0.717) is 38.9 Å². The summed E-state index contributed by atoms with van der Waals surface area (Å²) in [5.41, 5.74) is 0. The van der Waals surface area contributed by atoms with Gasteiger partial charge in [0.15, 0.2) is 0 Å². The molecule has 0 atom stereocenters. The lowest BCUT2D eigenvalue weighted by molar-refractivity contribution is -0.137. The van der Waals surface area contributed by atoms with Crippen molar-refractivity contribution in [1.82, 2.24) is 10.2 Å². The Morgan fingerprint density at radius 3 is 2.47 bits per heavy atom. The van der Waals surface area contributed by atoms with Gasteiger partial charge in [-0.1, -0.05) is 0 Å². The maximum absolute atomic E-state index is 11.6. The third kappa shape index (κ3) is 8.50. The molecule has 0 saturated heterocycles. The Labute approximate surface area is 102 Å². The fourth-order valence-electron chi connectivity index (χ4n) is 1.37. The summed E-state index contributed by atoms with van der Waals surface area (Å²) in [6, 6.07) is -0.156. The Morgan fingerprint density at radius 1 is 1.24 bits per heavy atom. The Hall–Kier alpha value is -1.30. The van der Waals surface area contributed by atoms with Gasteiger partial charge in [-0.25, -0.2) is 4.79 Å². The summed E-state index contributed by atoms with van der Waals surface area (Å²) in [6.07, 6.45) is 1.94. The number of urea groups is 1. The number of amides is 2. The predicted octanol–water partition coefficient (Wildman–Crippen LogP) is 0.655. The number of aliphatic hydroxyl groups excluding tert-OH is 1. The molecule has 0 unspecified atom stereocenters. The molecule has 0 aliphatic heterocycles. The summed E-state index contributed by atoms with van der Waals surface area (Å²) in [5.74, 6) is -0.811. The highest BCUT2D eigenvalue weighted by atomic mass is 16.4. The molecular weight excluding hydrogens is 224 g/mol. The number of hydrogen-bond donors (Lipinski definition) is 3. The Balaban J connectivity index is 3.64. The molecule has 2 amide bonds. The molecule has 6 nitrogen and oxygen atoms in total. The summed E-state index contributed by atoms with van der Waals surface area (Å²) >= 11 is 0. The van der Waals surface area contributed by atoms with E-state index in [1.165, 1.54) is 0 Å². The average molecular weight is 246 g/mol. The fraction of sp³-hybridized carbons (Fsp3) is 0.818. The van der Waals surface area contributed by atoms with Crippen molar-refractivity contribution < 1.29 is 19.8 Å². The van der Waals surface area contributed by atoms with Crippen molar-refractivity contribution in [1.29, 1.82) is 0 Å². The first-order chi connectivity index (χ1) is 8.11. The number of nitrogens with one attached hydrogen (secondary N) is 1. The zero-order valence-electron chi connectivity index (χ0n) is 10.3. The number of hydrogen-bond acceptors (Lipinski definition) is 3. The lowest BCUT2D eigenvalue weighted by Gasteiger charge is -2.20. The lowest BCUT2D eigenvalue weighted by atomic mass is 10.2. The van der Waals surface area contributed by atoms with Gasteiger partial charge in [-0.05, 0) is 26.2 Å². The van der Waals surface area contributed by atoms with Gasteiger partial charge in [0.1, 0.15) is 0 Å². The standard InChI is InChI=1S/C11H22N2O4/c1-2-13(8-5-9-14)11(17)12-7-4-3-6-10(15)16/h14H,2-9H2,1H3,(H,12,17)(H,15,16). The summed E-state index contributed by atoms with van der Waals surface area (Å²) in [4.78, 5) is 23.5. The van der Waals surface area contributed by atoms with E-state index in [4.69, 9.17) is 10.2 Å². The monoisotopic (exact) mass is 246 g/mol. The summed E-state index contributed by atoms with van der Waals surface area (Å²) in [5, 5.41) is 19.8. The number of carbonyl (C=O) groups excluding carboxylic acids is 1. The van der Waals surface area contributed by atoms with Crippen LogP contribution >= 0.6 is 0 Å². The van der Waals surface area contributed by atoms with E-state index < -0.39 is 5.97 Å². The molecule has 0 aliphatic rings. The van der Waals surface area contributed by atoms with Gasteiger partial charge in [0, 0.05) is 32.7 Å². The quantitative estimate of drug-likeness (QED) is 0.521. The largest absolute Gasteiger partial charge is 0.481 e. The zero-order chi connectivity index (χ0) is 13.1. The number of carboxylic acids is 1. The van der Waals surface area contributed by atoms with Crippen LogP contribution in [0.3, 0.4) is 0 Å². The normalized spacial score (nSPS) is 10.0. The van der Waals surface area contributed by atoms with E-state index in [2.05, 4.69) is 5.32 Å². The topological polar surface area (TPSA) is 89.9 Å². The van der Waals surface area contributed by atoms with Crippen LogP contribution in [0, 0.1) is 0 Å². The lowest BCUT2D eigenvalue weighted by Crippen LogP contribution is -2.41. The molecule has 0 saturated carbocycles. The van der Waals surface area contributed by atoms with E-state index in [1.807, 2.05) is 6.92 Å². The molecule has 17 heavy (non-hydrogen) atoms. The molecule has 0 spiro atoms. The van der Waals surface area contributed by atoms with E-state index >= 15 is 0 Å². The maximum atomic E-state index is 11.6. The SMILES string of the molecule is CCN(CCCO)C(=O)NCCCCC(=O)O. The third-order valence-corrected chi connectivity index (χ3v) is 2.35. The summed E-state index contributed by atoms with van der Waals surface area (Å²) in [6.45, 7) is 3.57. The molecule has 0 aromatic carbocycles. The van der Waals surface area contributed by atoms with Crippen LogP contribution in [-0.2, 0) is 4.79 Å². The van der Waals surface area contributed by atoms with Crippen molar-refractivity contribution in [2.24, 2.45) is 0 Å². The zero-order valence-corrected chi connectivity index (χ0v) is 10.3. The fourth-order valence-corrected chi connectivity index (χ4v) is 1.37. The second-order valence-corrected chi connectivity index (χ2v) is 3.74. The molecule has 0 aromatic heterocycles. The van der Waals surface area contributed by atoms with Crippen LogP contribution in [0.25, 0.3) is 0 Å². The molecule has 0 heterocycles. The smallest absolute Gasteiger partial charge is 0.317 e. The van der Waals surface area contributed by atoms with Gasteiger partial charge in [0.2, 0.25) is 0 Å². The van der Waals surface area contributed by atoms with Crippen molar-refractivity contribution in [3.63, 3.8) is 0 Å². The molecule has 0 bridgehead atoms. The van der Waals surface area contributed by atoms with Crippen molar-refractivity contribution in [3.05, 3.63) is 0 Å². The van der Waals surface area contributed by atoms with Gasteiger partial charge in [-0.3, -0.25) is 4.79 Å². The van der Waals surface area contributed by atoms with Crippen LogP contribution in [0.15, 0.2) is 0 Å². The highest BCUT2D eigenvalue weighted by Crippen LogP contribution is 1.95. The van der Waals surface area contributed by atoms with E-state index in [0.717, 1.165) is 0 Å². The Morgan fingerprint density at radius 2 is 1.94 bits per heavy atom. The summed E-state index contributed by atoms with van der Waals surface area (Å²) < 4.78 is 0. The minimum atomic E-state index is -0.811. The highest BCUT2D eigenvalue weighted by Gasteiger charge is 2.09. The van der Waals surface area contributed by atoms with Crippen LogP contribution in [0.2, 0.25) is 0 Å². The summed E-state index contributed by atoms with van der Waals surface area (Å²) in [7, 11) is 0. The van der Waals surface area contributed by atoms with Crippen LogP contribution < -0.4 is 5.32 Å². The number of unbranched alkanes of at least 4 members (excludes halogenated alkanes) is 1. The molecule has 100 valence electrons. The molecule has 0 radical (unpaired) electrons. The predicted molar refractivity (Wildman–Crippen MR) is 63.8 cm³/mol. The molecule has 0 aliphatic carbocycles. The van der Waals surface area contributed by atoms with Crippen molar-refractivity contribution >= 4 is 12.0 Å². The molecular formula is C11H22N2O4. The molecule has 6 heteroatoms. The third-order valence-electron chi connectivity index (χ3n) is 2.35. The van der Waals surface area contributed by atoms with Crippen molar-refractivity contribution in [3.8, 4) is 0 Å². The van der Waals surface area contributed by atoms with Gasteiger partial charge < -0.3 is 20.4 Å². The minimum absolute atomic E-state index is 0.0718. The van der Waals surface area contributed by atoms with Crippen molar-refractivity contribution in [2.45, 2.75) is 32.6 Å². The number of carbonyl (C=O) groups is 2. The van der Waals surface area contributed by atoms with Gasteiger partial charge in [-0.15, -0.1) is 0 Å². The second kappa shape index (κ2) is 9.89. The van der Waals surface area contributed by atoms with E-state index in [1.54, 1.807) is 4.90 Å². The van der Waals surface area contributed by atoms with Gasteiger partial charge in [0.25, 0.3) is 0 Å². The van der Waals surface area contributed by atoms with Crippen LogP contribution in [0.4, 0.5) is 4.79 Å². The maximum Gasteiger partial charge on any atom is 0.317 e. The first kappa shape index (κ1) is 15.7. The first-order valence-corrected chi connectivity index (χ1v) is 5.97. The highest BCUT2D eigenvalue weighted by molar-refractivity contribution is 5.74. The van der Waals surface area contributed by atoms with Gasteiger partial charge >= 0.3 is 12.0 Å². The number of rotatable bonds is 9. The van der Waals surface area contributed by atoms with Crippen LogP contribution in [-0.4, -0.2) is 53.4 Å². The van der Waals surface area contributed by atoms with Crippen molar-refractivity contribution in [2.75, 3.05) is 26.2 Å². The Kier molecular flexibility index (Phi) is 9.14. The number of carboxylic acid groups (broad SMARTS) is 1. The molecule has 0 fully saturated rings. The minimum Gasteiger partial charge on any atom is -0.481 e. The second-order valence-electron chi connectivity index (χ2n) is 3.74. The average Bonchev–Trinajstić information content (AvgIpc) is 2.29. The van der Waals surface area contributed by atoms with Gasteiger partial charge in [-0.2, -0.15) is 0 Å². The molecule has 3 N–H and O–H groups in total.